The van der Waals surface area contributed by atoms with Crippen molar-refractivity contribution in [2.75, 3.05) is 19.7 Å². The summed E-state index contributed by atoms with van der Waals surface area (Å²) >= 11 is 0. The molecule has 1 aromatic carbocycles. The molecule has 2 aliphatic rings. The molecule has 0 N–H and O–H groups in total. The van der Waals surface area contributed by atoms with Crippen LogP contribution in [0.25, 0.3) is 11.0 Å². The van der Waals surface area contributed by atoms with Crippen molar-refractivity contribution in [1.82, 2.24) is 19.7 Å². The van der Waals surface area contributed by atoms with Crippen LogP contribution in [-0.2, 0) is 16.1 Å². The van der Waals surface area contributed by atoms with E-state index in [0.29, 0.717) is 37.6 Å². The predicted molar refractivity (Wildman–Crippen MR) is 96.9 cm³/mol. The lowest BCUT2D eigenvalue weighted by Gasteiger charge is -2.15. The minimum absolute atomic E-state index is 0.0947. The first kappa shape index (κ1) is 16.0. The van der Waals surface area contributed by atoms with E-state index in [2.05, 4.69) is 10.1 Å². The maximum absolute atomic E-state index is 13.1. The number of fused-ring (bicyclic) bond motifs is 2. The summed E-state index contributed by atoms with van der Waals surface area (Å²) in [5.41, 5.74) is 2.16. The first-order valence-electron chi connectivity index (χ1n) is 9.02. The number of rotatable bonds is 3. The molecule has 0 aliphatic carbocycles. The van der Waals surface area contributed by atoms with Crippen molar-refractivity contribution in [2.45, 2.75) is 6.54 Å². The smallest absolute Gasteiger partial charge is 0.311 e. The van der Waals surface area contributed by atoms with Gasteiger partial charge in [0.05, 0.1) is 24.5 Å². The van der Waals surface area contributed by atoms with E-state index >= 15 is 0 Å². The maximum atomic E-state index is 13.1. The molecule has 4 heterocycles. The summed E-state index contributed by atoms with van der Waals surface area (Å²) in [6.45, 7) is 1.87. The van der Waals surface area contributed by atoms with Gasteiger partial charge in [-0.2, -0.15) is 5.10 Å². The molecule has 5 rings (SSSR count). The Kier molecular flexibility index (Phi) is 3.67. The monoisotopic (exact) mass is 362 g/mol. The number of nitrogens with zero attached hydrogens (tertiary/aromatic N) is 4. The summed E-state index contributed by atoms with van der Waals surface area (Å²) < 4.78 is 6.85. The third kappa shape index (κ3) is 2.66. The van der Waals surface area contributed by atoms with Gasteiger partial charge in [0, 0.05) is 25.2 Å². The standard InChI is InChI=1S/C20H18N4O3/c25-19(23-10-14-12-27-20(26)16(14)11-23)17-15-7-4-8-21-18(15)24(22-17)9-13-5-2-1-3-6-13/h1-8,14,16H,9-12H2/t14-,16-/m1/s1. The van der Waals surface area contributed by atoms with Crippen molar-refractivity contribution in [1.29, 1.82) is 0 Å². The summed E-state index contributed by atoms with van der Waals surface area (Å²) in [5, 5.41) is 5.32. The fourth-order valence-electron chi connectivity index (χ4n) is 3.95. The summed E-state index contributed by atoms with van der Waals surface area (Å²) in [7, 11) is 0. The van der Waals surface area contributed by atoms with Crippen molar-refractivity contribution < 1.29 is 14.3 Å². The highest BCUT2D eigenvalue weighted by atomic mass is 16.5. The number of hydrogen-bond acceptors (Lipinski definition) is 5. The van der Waals surface area contributed by atoms with E-state index in [-0.39, 0.29) is 23.7 Å². The van der Waals surface area contributed by atoms with Gasteiger partial charge in [0.25, 0.3) is 5.91 Å². The lowest BCUT2D eigenvalue weighted by atomic mass is 10.0. The molecule has 27 heavy (non-hydrogen) atoms. The minimum Gasteiger partial charge on any atom is -0.465 e. The number of benzene rings is 1. The van der Waals surface area contributed by atoms with Gasteiger partial charge >= 0.3 is 5.97 Å². The van der Waals surface area contributed by atoms with Gasteiger partial charge < -0.3 is 9.64 Å². The van der Waals surface area contributed by atoms with Crippen LogP contribution in [0.3, 0.4) is 0 Å². The second-order valence-corrected chi connectivity index (χ2v) is 7.07. The first-order valence-corrected chi connectivity index (χ1v) is 9.02. The Hall–Kier alpha value is -3.22. The zero-order valence-corrected chi connectivity index (χ0v) is 14.6. The Labute approximate surface area is 155 Å². The van der Waals surface area contributed by atoms with Gasteiger partial charge in [-0.1, -0.05) is 30.3 Å². The molecule has 2 fully saturated rings. The number of likely N-dealkylation sites (tertiary alicyclic amines) is 1. The molecule has 2 aliphatic heterocycles. The average Bonchev–Trinajstić information content (AvgIpc) is 3.37. The Balaban J connectivity index is 1.48. The van der Waals surface area contributed by atoms with Gasteiger partial charge in [-0.15, -0.1) is 0 Å². The van der Waals surface area contributed by atoms with Gasteiger partial charge in [0.1, 0.15) is 0 Å². The van der Waals surface area contributed by atoms with Gasteiger partial charge in [-0.25, -0.2) is 9.67 Å². The molecular formula is C20H18N4O3. The topological polar surface area (TPSA) is 77.3 Å². The van der Waals surface area contributed by atoms with Crippen molar-refractivity contribution in [2.24, 2.45) is 11.8 Å². The third-order valence-electron chi connectivity index (χ3n) is 5.36. The fourth-order valence-corrected chi connectivity index (χ4v) is 3.95. The summed E-state index contributed by atoms with van der Waals surface area (Å²) in [5.74, 6) is -0.458. The summed E-state index contributed by atoms with van der Waals surface area (Å²) in [6.07, 6.45) is 1.70. The van der Waals surface area contributed by atoms with E-state index in [9.17, 15) is 9.59 Å². The minimum atomic E-state index is -0.204. The van der Waals surface area contributed by atoms with Gasteiger partial charge in [-0.3, -0.25) is 9.59 Å². The maximum Gasteiger partial charge on any atom is 0.311 e. The molecule has 7 heteroatoms. The number of carbonyl (C=O) groups excluding carboxylic acids is 2. The molecule has 0 unspecified atom stereocenters. The van der Waals surface area contributed by atoms with Gasteiger partial charge in [0.2, 0.25) is 0 Å². The Morgan fingerprint density at radius 1 is 1.15 bits per heavy atom. The van der Waals surface area contributed by atoms with Crippen molar-refractivity contribution in [3.05, 3.63) is 59.9 Å². The highest BCUT2D eigenvalue weighted by molar-refractivity contribution is 6.04. The van der Waals surface area contributed by atoms with Crippen LogP contribution < -0.4 is 0 Å². The van der Waals surface area contributed by atoms with E-state index in [1.165, 1.54) is 0 Å². The first-order chi connectivity index (χ1) is 13.2. The van der Waals surface area contributed by atoms with E-state index in [0.717, 1.165) is 10.9 Å². The number of aromatic nitrogens is 3. The largest absolute Gasteiger partial charge is 0.465 e. The summed E-state index contributed by atoms with van der Waals surface area (Å²) in [6, 6.07) is 13.6. The fraction of sp³-hybridized carbons (Fsp3) is 0.300. The van der Waals surface area contributed by atoms with E-state index in [1.807, 2.05) is 42.5 Å². The molecular weight excluding hydrogens is 344 g/mol. The molecule has 136 valence electrons. The number of esters is 1. The van der Waals surface area contributed by atoms with Gasteiger partial charge in [-0.05, 0) is 17.7 Å². The number of amides is 1. The molecule has 2 saturated heterocycles. The number of ether oxygens (including phenoxy) is 1. The Morgan fingerprint density at radius 3 is 2.81 bits per heavy atom. The van der Waals surface area contributed by atoms with Crippen molar-refractivity contribution >= 4 is 22.9 Å². The number of hydrogen-bond donors (Lipinski definition) is 0. The van der Waals surface area contributed by atoms with Gasteiger partial charge in [0.15, 0.2) is 11.3 Å². The van der Waals surface area contributed by atoms with Crippen LogP contribution in [-0.4, -0.2) is 51.2 Å². The zero-order valence-electron chi connectivity index (χ0n) is 14.6. The quantitative estimate of drug-likeness (QED) is 0.663. The Morgan fingerprint density at radius 2 is 2.00 bits per heavy atom. The van der Waals surface area contributed by atoms with Crippen LogP contribution in [0.1, 0.15) is 16.1 Å². The van der Waals surface area contributed by atoms with Crippen molar-refractivity contribution in [3.63, 3.8) is 0 Å². The zero-order chi connectivity index (χ0) is 18.4. The molecule has 1 amide bonds. The normalized spacial score (nSPS) is 21.5. The molecule has 0 bridgehead atoms. The second-order valence-electron chi connectivity index (χ2n) is 7.07. The molecule has 0 saturated carbocycles. The average molecular weight is 362 g/mol. The molecule has 0 spiro atoms. The molecule has 0 radical (unpaired) electrons. The predicted octanol–water partition coefficient (Wildman–Crippen LogP) is 1.72. The molecule has 2 aromatic heterocycles. The number of pyridine rings is 1. The number of cyclic esters (lactones) is 1. The Bertz CT molecular complexity index is 1030. The van der Waals surface area contributed by atoms with E-state index < -0.39 is 0 Å². The van der Waals surface area contributed by atoms with E-state index in [4.69, 9.17) is 4.74 Å². The second kappa shape index (κ2) is 6.19. The van der Waals surface area contributed by atoms with Crippen LogP contribution in [0.2, 0.25) is 0 Å². The van der Waals surface area contributed by atoms with Crippen LogP contribution >= 0.6 is 0 Å². The highest BCUT2D eigenvalue weighted by Gasteiger charge is 2.46. The van der Waals surface area contributed by atoms with Crippen molar-refractivity contribution in [3.8, 4) is 0 Å². The SMILES string of the molecule is O=C1OC[C@H]2CN(C(=O)c3nn(Cc4ccccc4)c4ncccc34)C[C@@H]12. The lowest BCUT2D eigenvalue weighted by Crippen LogP contribution is -2.31. The molecule has 7 nitrogen and oxygen atoms in total. The highest BCUT2D eigenvalue weighted by Crippen LogP contribution is 2.31. The summed E-state index contributed by atoms with van der Waals surface area (Å²) in [4.78, 5) is 31.1. The molecule has 3 aromatic rings. The van der Waals surface area contributed by atoms with Crippen LogP contribution in [0, 0.1) is 11.8 Å². The number of carbonyl (C=O) groups is 2. The van der Waals surface area contributed by atoms with Crippen LogP contribution in [0.5, 0.6) is 0 Å². The van der Waals surface area contributed by atoms with Crippen LogP contribution in [0.15, 0.2) is 48.7 Å². The third-order valence-corrected chi connectivity index (χ3v) is 5.36. The van der Waals surface area contributed by atoms with Crippen LogP contribution in [0.4, 0.5) is 0 Å². The molecule has 2 atom stereocenters. The lowest BCUT2D eigenvalue weighted by molar-refractivity contribution is -0.141. The van der Waals surface area contributed by atoms with E-state index in [1.54, 1.807) is 15.8 Å².